The lowest BCUT2D eigenvalue weighted by Gasteiger charge is -2.36. The number of aliphatic hydroxyl groups excluding tert-OH is 2. The normalized spacial score (nSPS) is 35.3. The van der Waals surface area contributed by atoms with Crippen molar-refractivity contribution in [3.8, 4) is 0 Å². The van der Waals surface area contributed by atoms with Crippen LogP contribution in [0.4, 0.5) is 0 Å². The molecule has 212 valence electrons. The Morgan fingerprint density at radius 3 is 2.66 bits per heavy atom. The number of nitrogens with zero attached hydrogens (tertiary/aromatic N) is 1. The number of rotatable bonds is 5. The summed E-state index contributed by atoms with van der Waals surface area (Å²) in [5, 5.41) is 28.4. The Labute approximate surface area is 231 Å². The van der Waals surface area contributed by atoms with Crippen molar-refractivity contribution >= 4 is 29.1 Å². The summed E-state index contributed by atoms with van der Waals surface area (Å²) in [5.41, 5.74) is 0.351. The zero-order valence-corrected chi connectivity index (χ0v) is 24.6. The summed E-state index contributed by atoms with van der Waals surface area (Å²) in [7, 11) is 0. The molecule has 38 heavy (non-hydrogen) atoms. The number of ketones is 1. The molecule has 2 aliphatic rings. The molecule has 0 aromatic carbocycles. The second-order valence-corrected chi connectivity index (χ2v) is 13.2. The van der Waals surface area contributed by atoms with Gasteiger partial charge in [-0.05, 0) is 64.0 Å². The van der Waals surface area contributed by atoms with E-state index in [-0.39, 0.29) is 41.8 Å². The van der Waals surface area contributed by atoms with Crippen LogP contribution in [-0.4, -0.2) is 56.8 Å². The van der Waals surface area contributed by atoms with E-state index < -0.39 is 23.5 Å². The van der Waals surface area contributed by atoms with Crippen molar-refractivity contribution in [2.45, 2.75) is 116 Å². The van der Waals surface area contributed by atoms with Gasteiger partial charge in [0.15, 0.2) is 0 Å². The Morgan fingerprint density at radius 1 is 1.32 bits per heavy atom. The molecular formula is C30H46N2O5S. The highest BCUT2D eigenvalue weighted by Crippen LogP contribution is 2.44. The zero-order valence-electron chi connectivity index (χ0n) is 23.8. The number of nitrogens with one attached hydrogen (secondary N) is 1. The van der Waals surface area contributed by atoms with E-state index in [9.17, 15) is 19.8 Å². The number of ether oxygens (including phenoxy) is 1. The first-order valence-electron chi connectivity index (χ1n) is 13.9. The molecule has 1 amide bonds. The van der Waals surface area contributed by atoms with Crippen molar-refractivity contribution < 1.29 is 24.5 Å². The van der Waals surface area contributed by atoms with Crippen LogP contribution >= 0.6 is 11.3 Å². The van der Waals surface area contributed by atoms with Gasteiger partial charge in [0.05, 0.1) is 52.5 Å². The van der Waals surface area contributed by atoms with E-state index in [0.717, 1.165) is 35.5 Å². The van der Waals surface area contributed by atoms with Crippen LogP contribution in [0.2, 0.25) is 0 Å². The third-order valence-electron chi connectivity index (χ3n) is 8.58. The molecule has 7 atom stereocenters. The summed E-state index contributed by atoms with van der Waals surface area (Å²) in [6.45, 7) is 15.1. The van der Waals surface area contributed by atoms with Gasteiger partial charge >= 0.3 is 0 Å². The number of carbonyl (C=O) groups is 2. The van der Waals surface area contributed by atoms with Crippen LogP contribution in [0.5, 0.6) is 0 Å². The Kier molecular flexibility index (Phi) is 10.1. The molecule has 2 aliphatic heterocycles. The number of thiazole rings is 1. The number of Topliss-reactive ketones (excluding diaryl/α,β-unsaturated/α-hetero) is 1. The van der Waals surface area contributed by atoms with Gasteiger partial charge in [0, 0.05) is 17.7 Å². The van der Waals surface area contributed by atoms with E-state index in [4.69, 9.17) is 4.74 Å². The molecular weight excluding hydrogens is 500 g/mol. The fourth-order valence-electron chi connectivity index (χ4n) is 5.58. The van der Waals surface area contributed by atoms with Crippen LogP contribution in [0.25, 0.3) is 6.08 Å². The number of aliphatic hydroxyl groups is 2. The van der Waals surface area contributed by atoms with E-state index >= 15 is 0 Å². The van der Waals surface area contributed by atoms with E-state index in [1.807, 2.05) is 32.2 Å². The standard InChI is InChI=1S/C30H46N2O5S/c1-8-9-12-22-27(35)18(2)11-10-13-30(7)25(37-30)15-23(19(3)14-21-17-38-20(4)31-21)32-26(34)16-24(33)29(5,6)28(22)36/h8,14,17-18,22-25,27,33,35H,1,9-13,15-16H2,2-7H3,(H,32,34). The maximum Gasteiger partial charge on any atom is 0.223 e. The highest BCUT2D eigenvalue weighted by molar-refractivity contribution is 7.09. The lowest BCUT2D eigenvalue weighted by Crippen LogP contribution is -2.48. The van der Waals surface area contributed by atoms with E-state index in [0.29, 0.717) is 19.3 Å². The molecule has 2 saturated heterocycles. The van der Waals surface area contributed by atoms with Crippen LogP contribution < -0.4 is 5.32 Å². The molecule has 3 heterocycles. The molecule has 0 saturated carbocycles. The maximum atomic E-state index is 13.7. The average molecular weight is 547 g/mol. The molecule has 7 nitrogen and oxygen atoms in total. The molecule has 7 unspecified atom stereocenters. The van der Waals surface area contributed by atoms with Gasteiger partial charge in [-0.2, -0.15) is 0 Å². The van der Waals surface area contributed by atoms with Crippen LogP contribution in [-0.2, 0) is 14.3 Å². The van der Waals surface area contributed by atoms with Gasteiger partial charge in [0.1, 0.15) is 5.78 Å². The first-order chi connectivity index (χ1) is 17.8. The van der Waals surface area contributed by atoms with Crippen LogP contribution in [0.1, 0.15) is 90.3 Å². The molecule has 0 radical (unpaired) electrons. The molecule has 0 spiro atoms. The Bertz CT molecular complexity index is 1030. The van der Waals surface area contributed by atoms with Gasteiger partial charge in [-0.1, -0.05) is 33.3 Å². The number of allylic oxidation sites excluding steroid dienone is 1. The van der Waals surface area contributed by atoms with Crippen LogP contribution in [0.3, 0.4) is 0 Å². The summed E-state index contributed by atoms with van der Waals surface area (Å²) in [6, 6.07) is -0.281. The van der Waals surface area contributed by atoms with Crippen molar-refractivity contribution in [3.63, 3.8) is 0 Å². The predicted molar refractivity (Wildman–Crippen MR) is 152 cm³/mol. The Hall–Kier alpha value is -1.87. The fraction of sp³-hybridized carbons (Fsp3) is 0.700. The molecule has 3 N–H and O–H groups in total. The molecule has 2 fully saturated rings. The molecule has 0 bridgehead atoms. The molecule has 8 heteroatoms. The van der Waals surface area contributed by atoms with Crippen LogP contribution in [0.15, 0.2) is 23.6 Å². The van der Waals surface area contributed by atoms with Gasteiger partial charge in [0.2, 0.25) is 5.91 Å². The number of fused-ring (bicyclic) bond motifs is 1. The van der Waals surface area contributed by atoms with Crippen molar-refractivity contribution in [2.75, 3.05) is 0 Å². The van der Waals surface area contributed by atoms with Crippen molar-refractivity contribution in [1.82, 2.24) is 10.3 Å². The summed E-state index contributed by atoms with van der Waals surface area (Å²) in [5.74, 6) is -1.26. The SMILES string of the molecule is C=CCCC1C(=O)C(C)(C)C(O)CC(=O)NC(C(C)=Cc2csc(C)n2)CC2OC2(C)CCCC(C)C1O. The van der Waals surface area contributed by atoms with Gasteiger partial charge in [-0.3, -0.25) is 9.59 Å². The number of carbonyl (C=O) groups excluding carboxylic acids is 2. The average Bonchev–Trinajstić information content (AvgIpc) is 3.29. The number of hydrogen-bond acceptors (Lipinski definition) is 7. The van der Waals surface area contributed by atoms with Crippen molar-refractivity contribution in [1.29, 1.82) is 0 Å². The minimum Gasteiger partial charge on any atom is -0.392 e. The van der Waals surface area contributed by atoms with Gasteiger partial charge in [0.25, 0.3) is 0 Å². The third-order valence-corrected chi connectivity index (χ3v) is 9.37. The predicted octanol–water partition coefficient (Wildman–Crippen LogP) is 5.00. The maximum absolute atomic E-state index is 13.7. The molecule has 3 rings (SSSR count). The van der Waals surface area contributed by atoms with Crippen molar-refractivity contribution in [2.24, 2.45) is 17.3 Å². The largest absolute Gasteiger partial charge is 0.392 e. The number of amides is 1. The highest BCUT2D eigenvalue weighted by Gasteiger charge is 2.52. The van der Waals surface area contributed by atoms with E-state index in [1.165, 1.54) is 0 Å². The lowest BCUT2D eigenvalue weighted by atomic mass is 9.71. The number of hydrogen-bond donors (Lipinski definition) is 3. The molecule has 0 aliphatic carbocycles. The van der Waals surface area contributed by atoms with E-state index in [2.05, 4.69) is 23.8 Å². The number of aromatic nitrogens is 1. The van der Waals surface area contributed by atoms with Gasteiger partial charge < -0.3 is 20.3 Å². The monoisotopic (exact) mass is 546 g/mol. The molecule has 1 aromatic rings. The summed E-state index contributed by atoms with van der Waals surface area (Å²) >= 11 is 1.58. The first kappa shape index (κ1) is 30.7. The minimum absolute atomic E-state index is 0.00439. The van der Waals surface area contributed by atoms with Gasteiger partial charge in [-0.15, -0.1) is 17.9 Å². The summed E-state index contributed by atoms with van der Waals surface area (Å²) in [4.78, 5) is 31.4. The second-order valence-electron chi connectivity index (χ2n) is 12.1. The molecule has 1 aromatic heterocycles. The highest BCUT2D eigenvalue weighted by atomic mass is 32.1. The zero-order chi connectivity index (χ0) is 28.3. The lowest BCUT2D eigenvalue weighted by molar-refractivity contribution is -0.144. The van der Waals surface area contributed by atoms with Crippen molar-refractivity contribution in [3.05, 3.63) is 34.3 Å². The first-order valence-corrected chi connectivity index (χ1v) is 14.7. The number of epoxide rings is 1. The van der Waals surface area contributed by atoms with E-state index in [1.54, 1.807) is 31.3 Å². The Balaban J connectivity index is 1.88. The Morgan fingerprint density at radius 2 is 2.03 bits per heavy atom. The summed E-state index contributed by atoms with van der Waals surface area (Å²) < 4.78 is 6.14. The minimum atomic E-state index is -1.20. The second kappa shape index (κ2) is 12.5. The van der Waals surface area contributed by atoms with Crippen LogP contribution in [0, 0.1) is 24.2 Å². The summed E-state index contributed by atoms with van der Waals surface area (Å²) in [6.07, 6.45) is 5.67. The number of aryl methyl sites for hydroxylation is 1. The third kappa shape index (κ3) is 7.40. The van der Waals surface area contributed by atoms with Gasteiger partial charge in [-0.25, -0.2) is 4.98 Å². The smallest absolute Gasteiger partial charge is 0.223 e. The quantitative estimate of drug-likeness (QED) is 0.354. The topological polar surface area (TPSA) is 112 Å². The fourth-order valence-corrected chi connectivity index (χ4v) is 6.15.